The van der Waals surface area contributed by atoms with Gasteiger partial charge in [0.25, 0.3) is 5.96 Å². The molecule has 0 aromatic heterocycles. The second kappa shape index (κ2) is 4.99. The van der Waals surface area contributed by atoms with Crippen molar-refractivity contribution in [1.29, 1.82) is 0 Å². The highest BCUT2D eigenvalue weighted by Gasteiger charge is 2.12. The maximum absolute atomic E-state index is 10.0. The Hall–Kier alpha value is -1.73. The van der Waals surface area contributed by atoms with Crippen molar-refractivity contribution in [3.05, 3.63) is 9.81 Å². The van der Waals surface area contributed by atoms with Gasteiger partial charge in [-0.3, -0.25) is 0 Å². The largest absolute Gasteiger partial charge is 0.391 e. The molecule has 0 atom stereocenters. The zero-order chi connectivity index (χ0) is 9.56. The van der Waals surface area contributed by atoms with Crippen LogP contribution < -0.4 is 5.73 Å². The van der Waals surface area contributed by atoms with Gasteiger partial charge in [-0.2, -0.15) is 5.01 Å². The zero-order valence-electron chi connectivity index (χ0n) is 6.54. The summed E-state index contributed by atoms with van der Waals surface area (Å²) in [7, 11) is 0. The number of nitrogens with two attached hydrogens (primary N) is 1. The molecule has 12 heavy (non-hydrogen) atoms. The first-order valence-corrected chi connectivity index (χ1v) is 3.22. The maximum atomic E-state index is 10.0. The molecule has 0 bridgehead atoms. The van der Waals surface area contributed by atoms with E-state index in [4.69, 9.17) is 10.9 Å². The van der Waals surface area contributed by atoms with Gasteiger partial charge in [-0.25, -0.2) is 5.21 Å². The summed E-state index contributed by atoms with van der Waals surface area (Å²) in [6, 6.07) is 0. The molecular formula is C4H10N5O3+. The van der Waals surface area contributed by atoms with Gasteiger partial charge >= 0.3 is 5.03 Å². The van der Waals surface area contributed by atoms with E-state index in [-0.39, 0.29) is 6.54 Å². The van der Waals surface area contributed by atoms with E-state index in [1.54, 1.807) is 6.92 Å². The van der Waals surface area contributed by atoms with E-state index >= 15 is 0 Å². The summed E-state index contributed by atoms with van der Waals surface area (Å²) in [5.41, 5.74) is 5.10. The van der Waals surface area contributed by atoms with Crippen LogP contribution in [-0.2, 0) is 0 Å². The van der Waals surface area contributed by atoms with E-state index < -0.39 is 11.0 Å². The standard InChI is InChI=1S/C4H10N5O3/c1-2-3-8(7-10)4(5)6-9(11)12/h2-3H2,1H3,(H2,5,6)(H,11,12)/q+1. The lowest BCUT2D eigenvalue weighted by Crippen LogP contribution is -2.34. The molecular weight excluding hydrogens is 166 g/mol. The molecule has 0 aromatic rings. The number of rotatable bonds is 4. The lowest BCUT2D eigenvalue weighted by atomic mass is 10.5. The molecule has 8 nitrogen and oxygen atoms in total. The van der Waals surface area contributed by atoms with Crippen LogP contribution in [0.25, 0.3) is 0 Å². The Balaban J connectivity index is 4.29. The highest BCUT2D eigenvalue weighted by atomic mass is 16.7. The van der Waals surface area contributed by atoms with Crippen LogP contribution in [0, 0.1) is 9.81 Å². The molecule has 8 heteroatoms. The third-order valence-electron chi connectivity index (χ3n) is 0.986. The maximum Gasteiger partial charge on any atom is 0.391 e. The molecule has 0 aliphatic rings. The molecule has 0 aliphatic heterocycles. The molecule has 0 heterocycles. The lowest BCUT2D eigenvalue weighted by molar-refractivity contribution is -0.796. The van der Waals surface area contributed by atoms with E-state index in [9.17, 15) is 9.81 Å². The van der Waals surface area contributed by atoms with Crippen molar-refractivity contribution in [2.24, 2.45) is 16.1 Å². The second-order valence-electron chi connectivity index (χ2n) is 1.92. The van der Waals surface area contributed by atoms with Crippen LogP contribution in [0.15, 0.2) is 10.4 Å². The van der Waals surface area contributed by atoms with Gasteiger partial charge in [0.15, 0.2) is 0 Å². The molecule has 3 N–H and O–H groups in total. The topological polar surface area (TPSA) is 111 Å². The monoisotopic (exact) mass is 176 g/mol. The van der Waals surface area contributed by atoms with Crippen molar-refractivity contribution >= 4 is 5.96 Å². The number of guanidine groups is 1. The summed E-state index contributed by atoms with van der Waals surface area (Å²) in [5.74, 6) is -0.440. The van der Waals surface area contributed by atoms with E-state index in [1.165, 1.54) is 0 Å². The molecule has 0 rings (SSSR count). The minimum atomic E-state index is -0.733. The molecule has 0 saturated carbocycles. The SMILES string of the molecule is CCCN(N=O)/C(N)=N/[N+](=O)O. The van der Waals surface area contributed by atoms with Crippen LogP contribution in [0.5, 0.6) is 0 Å². The molecule has 0 aromatic carbocycles. The van der Waals surface area contributed by atoms with Crippen LogP contribution in [0.3, 0.4) is 0 Å². The van der Waals surface area contributed by atoms with Gasteiger partial charge in [0.2, 0.25) is 0 Å². The fourth-order valence-electron chi connectivity index (χ4n) is 0.548. The molecule has 0 saturated heterocycles. The van der Waals surface area contributed by atoms with Gasteiger partial charge in [-0.05, 0) is 6.42 Å². The van der Waals surface area contributed by atoms with Crippen molar-refractivity contribution in [2.45, 2.75) is 13.3 Å². The summed E-state index contributed by atoms with van der Waals surface area (Å²) in [6.45, 7) is 2.03. The third kappa shape index (κ3) is 3.44. The first-order chi connectivity index (χ1) is 5.61. The van der Waals surface area contributed by atoms with Gasteiger partial charge < -0.3 is 5.73 Å². The quantitative estimate of drug-likeness (QED) is 0.266. The fraction of sp³-hybridized carbons (Fsp3) is 0.750. The zero-order valence-corrected chi connectivity index (χ0v) is 6.54. The van der Waals surface area contributed by atoms with Crippen molar-refractivity contribution in [3.63, 3.8) is 0 Å². The summed E-state index contributed by atoms with van der Waals surface area (Å²) < 4.78 is 0. The fourth-order valence-corrected chi connectivity index (χ4v) is 0.548. The van der Waals surface area contributed by atoms with E-state index in [0.29, 0.717) is 6.42 Å². The summed E-state index contributed by atoms with van der Waals surface area (Å²) in [5, 5.41) is 13.4. The van der Waals surface area contributed by atoms with Crippen molar-refractivity contribution < 1.29 is 10.2 Å². The van der Waals surface area contributed by atoms with Gasteiger partial charge in [-0.15, -0.1) is 4.91 Å². The predicted octanol–water partition coefficient (Wildman–Crippen LogP) is -0.222. The molecule has 0 amide bonds. The Labute approximate surface area is 68.1 Å². The summed E-state index contributed by atoms with van der Waals surface area (Å²) >= 11 is 0. The van der Waals surface area contributed by atoms with Crippen molar-refractivity contribution in [1.82, 2.24) is 5.01 Å². The van der Waals surface area contributed by atoms with Crippen molar-refractivity contribution in [2.75, 3.05) is 6.54 Å². The molecule has 68 valence electrons. The first-order valence-electron chi connectivity index (χ1n) is 3.22. The van der Waals surface area contributed by atoms with Crippen LogP contribution >= 0.6 is 0 Å². The Bertz CT molecular complexity index is 203. The molecule has 0 aliphatic carbocycles. The van der Waals surface area contributed by atoms with E-state index in [0.717, 1.165) is 5.01 Å². The minimum absolute atomic E-state index is 0.243. The number of hydrogen-bond acceptors (Lipinski definition) is 3. The van der Waals surface area contributed by atoms with Gasteiger partial charge in [0, 0.05) is 6.54 Å². The summed E-state index contributed by atoms with van der Waals surface area (Å²) in [4.78, 5) is 19.9. The number of nitroso groups, excluding NO2 is 1. The van der Waals surface area contributed by atoms with Crippen LogP contribution in [0.4, 0.5) is 0 Å². The van der Waals surface area contributed by atoms with E-state index in [1.807, 2.05) is 0 Å². The minimum Gasteiger partial charge on any atom is -0.363 e. The average Bonchev–Trinajstić information content (AvgIpc) is 1.98. The molecule has 0 unspecified atom stereocenters. The smallest absolute Gasteiger partial charge is 0.363 e. The molecule has 0 fully saturated rings. The number of nitrogens with zero attached hydrogens (tertiary/aromatic N) is 4. The van der Waals surface area contributed by atoms with Crippen molar-refractivity contribution in [3.8, 4) is 0 Å². The summed E-state index contributed by atoms with van der Waals surface area (Å²) in [6.07, 6.45) is 0.617. The Kier molecular flexibility index (Phi) is 4.27. The Morgan fingerprint density at radius 3 is 2.67 bits per heavy atom. The highest BCUT2D eigenvalue weighted by molar-refractivity contribution is 5.76. The van der Waals surface area contributed by atoms with E-state index in [2.05, 4.69) is 10.4 Å². The lowest BCUT2D eigenvalue weighted by Gasteiger charge is -2.08. The first kappa shape index (κ1) is 10.3. The van der Waals surface area contributed by atoms with Crippen LogP contribution in [-0.4, -0.2) is 27.8 Å². The average molecular weight is 176 g/mol. The number of hydrogen-bond donors (Lipinski definition) is 2. The van der Waals surface area contributed by atoms with Gasteiger partial charge in [0.05, 0.1) is 5.29 Å². The van der Waals surface area contributed by atoms with Crippen LogP contribution in [0.1, 0.15) is 13.3 Å². The molecule has 0 spiro atoms. The number of hydrazone groups is 1. The second-order valence-corrected chi connectivity index (χ2v) is 1.92. The van der Waals surface area contributed by atoms with Crippen LogP contribution in [0.2, 0.25) is 0 Å². The normalized spacial score (nSPS) is 10.9. The molecule has 0 radical (unpaired) electrons. The Morgan fingerprint density at radius 2 is 2.33 bits per heavy atom. The predicted molar refractivity (Wildman–Crippen MR) is 39.8 cm³/mol. The van der Waals surface area contributed by atoms with Gasteiger partial charge in [0.1, 0.15) is 10.0 Å². The Morgan fingerprint density at radius 1 is 1.75 bits per heavy atom. The third-order valence-corrected chi connectivity index (χ3v) is 0.986. The van der Waals surface area contributed by atoms with Gasteiger partial charge in [-0.1, -0.05) is 6.92 Å². The highest BCUT2D eigenvalue weighted by Crippen LogP contribution is 1.91.